The number of ether oxygens (including phenoxy) is 1. The molecule has 5 rings (SSSR count). The lowest BCUT2D eigenvalue weighted by Gasteiger charge is -2.34. The van der Waals surface area contributed by atoms with Gasteiger partial charge in [0.05, 0.1) is 13.3 Å². The highest BCUT2D eigenvalue weighted by atomic mass is 79.9. The van der Waals surface area contributed by atoms with E-state index in [0.717, 1.165) is 34.2 Å². The number of aryl methyl sites for hydroxylation is 1. The molecule has 2 aliphatic rings. The number of fused-ring (bicyclic) bond motifs is 1. The summed E-state index contributed by atoms with van der Waals surface area (Å²) in [6.07, 6.45) is 4.26. The summed E-state index contributed by atoms with van der Waals surface area (Å²) in [5.41, 5.74) is 9.46. The average molecular weight is 581 g/mol. The lowest BCUT2D eigenvalue weighted by molar-refractivity contribution is -0.121. The van der Waals surface area contributed by atoms with Gasteiger partial charge in [-0.05, 0) is 61.9 Å². The molecule has 0 atom stereocenters. The molecule has 10 nitrogen and oxygen atoms in total. The van der Waals surface area contributed by atoms with Gasteiger partial charge in [-0.25, -0.2) is 4.98 Å². The van der Waals surface area contributed by atoms with Gasteiger partial charge in [-0.1, -0.05) is 22.0 Å². The van der Waals surface area contributed by atoms with Crippen molar-refractivity contribution in [2.24, 2.45) is 5.92 Å². The van der Waals surface area contributed by atoms with Crippen molar-refractivity contribution in [1.82, 2.24) is 14.9 Å². The van der Waals surface area contributed by atoms with E-state index in [-0.39, 0.29) is 35.4 Å². The number of hydrogen-bond acceptors (Lipinski definition) is 6. The van der Waals surface area contributed by atoms with E-state index in [0.29, 0.717) is 36.3 Å². The number of nitrogen functional groups attached to an aromatic ring is 1. The molecule has 1 aliphatic carbocycles. The second-order valence-electron chi connectivity index (χ2n) is 9.73. The van der Waals surface area contributed by atoms with Crippen molar-refractivity contribution in [3.05, 3.63) is 63.4 Å². The van der Waals surface area contributed by atoms with Crippen LogP contribution >= 0.6 is 15.9 Å². The van der Waals surface area contributed by atoms with E-state index in [1.807, 2.05) is 30.0 Å². The number of methoxy groups -OCH3 is 1. The highest BCUT2D eigenvalue weighted by molar-refractivity contribution is 9.10. The number of anilines is 3. The fraction of sp³-hybridized carbons (Fsp3) is 0.333. The minimum absolute atomic E-state index is 0.00691. The Bertz CT molecular complexity index is 1410. The maximum Gasteiger partial charge on any atom is 0.273 e. The fourth-order valence-corrected chi connectivity index (χ4v) is 5.78. The Morgan fingerprint density at radius 1 is 1.13 bits per heavy atom. The Kier molecular flexibility index (Phi) is 7.11. The molecular formula is C27H29BrN6O4. The number of nitrogens with two attached hydrogens (primary N) is 1. The Morgan fingerprint density at radius 3 is 2.58 bits per heavy atom. The number of carbonyl (C=O) groups is 3. The second kappa shape index (κ2) is 10.5. The Morgan fingerprint density at radius 2 is 1.89 bits per heavy atom. The minimum Gasteiger partial charge on any atom is -0.496 e. The van der Waals surface area contributed by atoms with E-state index < -0.39 is 5.91 Å². The largest absolute Gasteiger partial charge is 0.496 e. The van der Waals surface area contributed by atoms with Crippen LogP contribution in [0.15, 0.2) is 41.0 Å². The van der Waals surface area contributed by atoms with Crippen molar-refractivity contribution in [3.8, 4) is 5.75 Å². The lowest BCUT2D eigenvalue weighted by Crippen LogP contribution is -2.40. The van der Waals surface area contributed by atoms with Crippen LogP contribution in [-0.4, -0.2) is 45.7 Å². The highest BCUT2D eigenvalue weighted by Gasteiger charge is 2.37. The molecule has 5 N–H and O–H groups in total. The van der Waals surface area contributed by atoms with Gasteiger partial charge in [0, 0.05) is 46.0 Å². The third-order valence-electron chi connectivity index (χ3n) is 7.30. The molecule has 0 spiro atoms. The van der Waals surface area contributed by atoms with Crippen LogP contribution in [0.4, 0.5) is 17.3 Å². The molecule has 1 fully saturated rings. The zero-order valence-electron chi connectivity index (χ0n) is 21.1. The predicted octanol–water partition coefficient (Wildman–Crippen LogP) is 4.48. The molecule has 0 unspecified atom stereocenters. The summed E-state index contributed by atoms with van der Waals surface area (Å²) >= 11 is 3.57. The summed E-state index contributed by atoms with van der Waals surface area (Å²) in [6.45, 7) is 2.45. The van der Waals surface area contributed by atoms with E-state index in [1.165, 1.54) is 6.20 Å². The monoisotopic (exact) mass is 580 g/mol. The number of halogens is 1. The number of nitrogens with one attached hydrogen (secondary N) is 3. The molecule has 38 heavy (non-hydrogen) atoms. The maximum absolute atomic E-state index is 13.4. The van der Waals surface area contributed by atoms with E-state index in [4.69, 9.17) is 10.5 Å². The van der Waals surface area contributed by atoms with Crippen LogP contribution in [0.5, 0.6) is 5.75 Å². The van der Waals surface area contributed by atoms with Crippen LogP contribution in [0.25, 0.3) is 0 Å². The number of imidazole rings is 1. The number of amides is 3. The molecule has 0 saturated heterocycles. The minimum atomic E-state index is -0.399. The number of hydrogen-bond donors (Lipinski definition) is 4. The zero-order valence-corrected chi connectivity index (χ0v) is 22.7. The summed E-state index contributed by atoms with van der Waals surface area (Å²) < 4.78 is 6.11. The van der Waals surface area contributed by atoms with Gasteiger partial charge >= 0.3 is 0 Å². The maximum atomic E-state index is 13.4. The van der Waals surface area contributed by atoms with Crippen LogP contribution in [0.2, 0.25) is 0 Å². The van der Waals surface area contributed by atoms with Gasteiger partial charge in [0.25, 0.3) is 11.8 Å². The van der Waals surface area contributed by atoms with Gasteiger partial charge in [-0.15, -0.1) is 0 Å². The third kappa shape index (κ3) is 5.10. The SMILES string of the molecule is COc1cc(NC(=O)C2CCC(N3Cc4c(Br)cc(NC(=O)c5cnc(N)[nH]5)cc4C3=O)CC2)ccc1C. The van der Waals surface area contributed by atoms with Crippen molar-refractivity contribution in [1.29, 1.82) is 0 Å². The van der Waals surface area contributed by atoms with Crippen LogP contribution in [-0.2, 0) is 11.3 Å². The Balaban J connectivity index is 1.20. The van der Waals surface area contributed by atoms with E-state index in [9.17, 15) is 14.4 Å². The van der Waals surface area contributed by atoms with Crippen molar-refractivity contribution < 1.29 is 19.1 Å². The standard InChI is InChI=1S/C27H29BrN6O4/c1-14-3-6-16(11-23(14)38-2)31-24(35)15-4-7-18(8-5-15)34-13-20-19(26(34)37)9-17(10-21(20)28)32-25(36)22-12-30-27(29)33-22/h3,6,9-12,15,18H,4-5,7-8,13H2,1-2H3,(H,31,35)(H,32,36)(H3,29,30,33). The molecule has 0 bridgehead atoms. The van der Waals surface area contributed by atoms with Gasteiger partial charge in [0.1, 0.15) is 11.4 Å². The fourth-order valence-electron chi connectivity index (χ4n) is 5.19. The van der Waals surface area contributed by atoms with Gasteiger partial charge in [-0.3, -0.25) is 14.4 Å². The smallest absolute Gasteiger partial charge is 0.273 e. The van der Waals surface area contributed by atoms with Gasteiger partial charge in [-0.2, -0.15) is 0 Å². The molecular weight excluding hydrogens is 552 g/mol. The zero-order chi connectivity index (χ0) is 27.0. The number of nitrogens with zero attached hydrogens (tertiary/aromatic N) is 2. The summed E-state index contributed by atoms with van der Waals surface area (Å²) in [5, 5.41) is 5.80. The molecule has 2 heterocycles. The van der Waals surface area contributed by atoms with Gasteiger partial charge in [0.15, 0.2) is 5.95 Å². The number of aromatic nitrogens is 2. The quantitative estimate of drug-likeness (QED) is 0.338. The first-order valence-electron chi connectivity index (χ1n) is 12.4. The number of aromatic amines is 1. The molecule has 3 amide bonds. The van der Waals surface area contributed by atoms with Gasteiger partial charge < -0.3 is 31.0 Å². The van der Waals surface area contributed by atoms with Crippen LogP contribution in [0.1, 0.15) is 57.7 Å². The summed E-state index contributed by atoms with van der Waals surface area (Å²) in [6, 6.07) is 9.17. The van der Waals surface area contributed by atoms with Crippen molar-refractivity contribution in [2.75, 3.05) is 23.5 Å². The van der Waals surface area contributed by atoms with Crippen molar-refractivity contribution in [3.63, 3.8) is 0 Å². The molecule has 1 aliphatic heterocycles. The van der Waals surface area contributed by atoms with E-state index >= 15 is 0 Å². The van der Waals surface area contributed by atoms with Crippen molar-refractivity contribution >= 4 is 51.0 Å². The first kappa shape index (κ1) is 25.8. The molecule has 2 aromatic carbocycles. The average Bonchev–Trinajstić information content (AvgIpc) is 3.49. The van der Waals surface area contributed by atoms with Crippen LogP contribution in [0.3, 0.4) is 0 Å². The van der Waals surface area contributed by atoms with Crippen molar-refractivity contribution in [2.45, 2.75) is 45.2 Å². The Labute approximate surface area is 228 Å². The van der Waals surface area contributed by atoms with E-state index in [1.54, 1.807) is 19.2 Å². The van der Waals surface area contributed by atoms with E-state index in [2.05, 4.69) is 36.5 Å². The van der Waals surface area contributed by atoms with Crippen LogP contribution < -0.4 is 21.1 Å². The number of carbonyl (C=O) groups excluding carboxylic acids is 3. The molecule has 0 radical (unpaired) electrons. The first-order valence-corrected chi connectivity index (χ1v) is 13.2. The molecule has 3 aromatic rings. The highest BCUT2D eigenvalue weighted by Crippen LogP contribution is 2.38. The molecule has 1 aromatic heterocycles. The second-order valence-corrected chi connectivity index (χ2v) is 10.6. The summed E-state index contributed by atoms with van der Waals surface area (Å²) in [5.74, 6) is 0.305. The number of benzene rings is 2. The topological polar surface area (TPSA) is 142 Å². The Hall–Kier alpha value is -3.86. The number of H-pyrrole nitrogens is 1. The molecule has 1 saturated carbocycles. The third-order valence-corrected chi connectivity index (χ3v) is 8.00. The predicted molar refractivity (Wildman–Crippen MR) is 147 cm³/mol. The normalized spacial score (nSPS) is 18.7. The number of rotatable bonds is 6. The summed E-state index contributed by atoms with van der Waals surface area (Å²) in [4.78, 5) is 47.2. The van der Waals surface area contributed by atoms with Crippen LogP contribution in [0, 0.1) is 12.8 Å². The lowest BCUT2D eigenvalue weighted by atomic mass is 9.84. The summed E-state index contributed by atoms with van der Waals surface area (Å²) in [7, 11) is 1.61. The molecule has 11 heteroatoms. The molecule has 198 valence electrons. The van der Waals surface area contributed by atoms with Gasteiger partial charge in [0.2, 0.25) is 5.91 Å². The first-order chi connectivity index (χ1) is 18.2.